The van der Waals surface area contributed by atoms with Crippen molar-refractivity contribution in [1.82, 2.24) is 4.57 Å². The fraction of sp³-hybridized carbons (Fsp3) is 0.125. The summed E-state index contributed by atoms with van der Waals surface area (Å²) in [5.41, 5.74) is 9.15. The molecule has 1 aromatic heterocycles. The number of ether oxygens (including phenoxy) is 1. The molecular weight excluding hydrogens is 316 g/mol. The molecule has 1 heterocycles. The first-order valence-electron chi connectivity index (χ1n) is 6.34. The van der Waals surface area contributed by atoms with Gasteiger partial charge in [-0.2, -0.15) is 0 Å². The van der Waals surface area contributed by atoms with Crippen molar-refractivity contribution in [1.29, 1.82) is 0 Å². The van der Waals surface area contributed by atoms with Gasteiger partial charge in [-0.25, -0.2) is 0 Å². The minimum absolute atomic E-state index is 0.759. The summed E-state index contributed by atoms with van der Waals surface area (Å²) in [7, 11) is 1.68. The van der Waals surface area contributed by atoms with Crippen molar-refractivity contribution in [2.24, 2.45) is 0 Å². The second-order valence-electron chi connectivity index (χ2n) is 4.71. The van der Waals surface area contributed by atoms with E-state index in [1.165, 1.54) is 10.9 Å². The number of aromatic nitrogens is 1. The molecule has 0 aliphatic rings. The van der Waals surface area contributed by atoms with Crippen molar-refractivity contribution in [2.45, 2.75) is 6.54 Å². The molecule has 20 heavy (non-hydrogen) atoms. The van der Waals surface area contributed by atoms with Crippen LogP contribution < -0.4 is 10.5 Å². The van der Waals surface area contributed by atoms with Gasteiger partial charge in [0, 0.05) is 33.8 Å². The minimum Gasteiger partial charge on any atom is -0.497 e. The van der Waals surface area contributed by atoms with Gasteiger partial charge < -0.3 is 15.0 Å². The van der Waals surface area contributed by atoms with Gasteiger partial charge >= 0.3 is 0 Å². The lowest BCUT2D eigenvalue weighted by atomic mass is 10.2. The smallest absolute Gasteiger partial charge is 0.119 e. The maximum Gasteiger partial charge on any atom is 0.119 e. The Hall–Kier alpha value is -1.94. The van der Waals surface area contributed by atoms with E-state index in [1.54, 1.807) is 7.11 Å². The van der Waals surface area contributed by atoms with Gasteiger partial charge in [-0.15, -0.1) is 0 Å². The van der Waals surface area contributed by atoms with E-state index < -0.39 is 0 Å². The molecule has 102 valence electrons. The van der Waals surface area contributed by atoms with Crippen molar-refractivity contribution in [2.75, 3.05) is 12.8 Å². The van der Waals surface area contributed by atoms with E-state index in [0.29, 0.717) is 0 Å². The van der Waals surface area contributed by atoms with E-state index in [1.807, 2.05) is 24.3 Å². The molecule has 2 aromatic carbocycles. The molecule has 0 saturated heterocycles. The zero-order chi connectivity index (χ0) is 14.1. The highest BCUT2D eigenvalue weighted by molar-refractivity contribution is 9.10. The first kappa shape index (κ1) is 13.1. The summed E-state index contributed by atoms with van der Waals surface area (Å²) in [5, 5.41) is 1.17. The fourth-order valence-electron chi connectivity index (χ4n) is 2.34. The van der Waals surface area contributed by atoms with Crippen molar-refractivity contribution >= 4 is 32.5 Å². The average Bonchev–Trinajstić information content (AvgIpc) is 2.84. The minimum atomic E-state index is 0.759. The highest BCUT2D eigenvalue weighted by atomic mass is 79.9. The summed E-state index contributed by atoms with van der Waals surface area (Å²) in [5.74, 6) is 0.874. The molecule has 0 saturated carbocycles. The number of anilines is 1. The van der Waals surface area contributed by atoms with Crippen molar-refractivity contribution in [3.63, 3.8) is 0 Å². The number of hydrogen-bond acceptors (Lipinski definition) is 2. The van der Waals surface area contributed by atoms with Crippen LogP contribution in [0.4, 0.5) is 5.69 Å². The lowest BCUT2D eigenvalue weighted by molar-refractivity contribution is 0.415. The number of nitrogens with two attached hydrogens (primary N) is 1. The Kier molecular flexibility index (Phi) is 3.40. The van der Waals surface area contributed by atoms with Crippen molar-refractivity contribution in [3.05, 3.63) is 58.7 Å². The van der Waals surface area contributed by atoms with Crippen LogP contribution in [0, 0.1) is 0 Å². The zero-order valence-electron chi connectivity index (χ0n) is 11.1. The maximum absolute atomic E-state index is 6.06. The maximum atomic E-state index is 6.06. The Balaban J connectivity index is 1.98. The van der Waals surface area contributed by atoms with Crippen LogP contribution in [0.5, 0.6) is 5.75 Å². The summed E-state index contributed by atoms with van der Waals surface area (Å²) in [4.78, 5) is 0. The topological polar surface area (TPSA) is 40.2 Å². The van der Waals surface area contributed by atoms with Crippen molar-refractivity contribution < 1.29 is 4.74 Å². The lowest BCUT2D eigenvalue weighted by Crippen LogP contribution is -2.01. The monoisotopic (exact) mass is 330 g/mol. The third-order valence-corrected chi connectivity index (χ3v) is 3.92. The summed E-state index contributed by atoms with van der Waals surface area (Å²) < 4.78 is 8.44. The molecule has 0 bridgehead atoms. The van der Waals surface area contributed by atoms with E-state index >= 15 is 0 Å². The number of nitrogens with zero attached hydrogens (tertiary/aromatic N) is 1. The molecule has 0 aliphatic heterocycles. The van der Waals surface area contributed by atoms with Crippen LogP contribution in [-0.4, -0.2) is 11.7 Å². The lowest BCUT2D eigenvalue weighted by Gasteiger charge is -2.09. The van der Waals surface area contributed by atoms with E-state index in [4.69, 9.17) is 10.5 Å². The SMILES string of the molecule is COc1ccc2c(ccn2Cc2ccc(Br)cc2N)c1. The molecule has 0 unspecified atom stereocenters. The van der Waals surface area contributed by atoms with E-state index in [2.05, 4.69) is 44.9 Å². The Morgan fingerprint density at radius 3 is 2.75 bits per heavy atom. The van der Waals surface area contributed by atoms with Gasteiger partial charge in [0.1, 0.15) is 5.75 Å². The van der Waals surface area contributed by atoms with Crippen LogP contribution in [0.25, 0.3) is 10.9 Å². The Bertz CT molecular complexity index is 764. The Morgan fingerprint density at radius 2 is 2.00 bits per heavy atom. The largest absolute Gasteiger partial charge is 0.497 e. The second-order valence-corrected chi connectivity index (χ2v) is 5.63. The highest BCUT2D eigenvalue weighted by Crippen LogP contribution is 2.24. The van der Waals surface area contributed by atoms with Crippen LogP contribution in [0.2, 0.25) is 0 Å². The number of nitrogen functional groups attached to an aromatic ring is 1. The second kappa shape index (κ2) is 5.21. The Morgan fingerprint density at radius 1 is 1.15 bits per heavy atom. The molecule has 0 amide bonds. The van der Waals surface area contributed by atoms with Gasteiger partial charge in [0.15, 0.2) is 0 Å². The number of benzene rings is 2. The first-order chi connectivity index (χ1) is 9.67. The van der Waals surface area contributed by atoms with Gasteiger partial charge in [-0.05, 0) is 42.0 Å². The predicted octanol–water partition coefficient (Wildman–Crippen LogP) is 4.04. The number of rotatable bonds is 3. The van der Waals surface area contributed by atoms with E-state index in [0.717, 1.165) is 28.0 Å². The zero-order valence-corrected chi connectivity index (χ0v) is 12.7. The summed E-state index contributed by atoms with van der Waals surface area (Å²) >= 11 is 3.43. The molecule has 0 fully saturated rings. The number of halogens is 1. The van der Waals surface area contributed by atoms with Gasteiger partial charge in [-0.1, -0.05) is 22.0 Å². The molecule has 4 heteroatoms. The summed E-state index contributed by atoms with van der Waals surface area (Å²) in [6.07, 6.45) is 2.07. The van der Waals surface area contributed by atoms with Gasteiger partial charge in [-0.3, -0.25) is 0 Å². The van der Waals surface area contributed by atoms with Crippen LogP contribution in [0.15, 0.2) is 53.1 Å². The summed E-state index contributed by atoms with van der Waals surface area (Å²) in [6.45, 7) is 0.759. The molecule has 3 aromatic rings. The van der Waals surface area contributed by atoms with E-state index in [9.17, 15) is 0 Å². The molecule has 0 aliphatic carbocycles. The molecule has 2 N–H and O–H groups in total. The predicted molar refractivity (Wildman–Crippen MR) is 86.1 cm³/mol. The third-order valence-electron chi connectivity index (χ3n) is 3.43. The molecule has 3 rings (SSSR count). The van der Waals surface area contributed by atoms with Crippen LogP contribution in [-0.2, 0) is 6.54 Å². The standard InChI is InChI=1S/C16H15BrN2O/c1-20-14-4-5-16-11(8-14)6-7-19(16)10-12-2-3-13(17)9-15(12)18/h2-9H,10,18H2,1H3. The first-order valence-corrected chi connectivity index (χ1v) is 7.13. The highest BCUT2D eigenvalue weighted by Gasteiger charge is 2.05. The van der Waals surface area contributed by atoms with Gasteiger partial charge in [0.05, 0.1) is 7.11 Å². The molecule has 0 spiro atoms. The average molecular weight is 331 g/mol. The molecular formula is C16H15BrN2O. The van der Waals surface area contributed by atoms with Crippen molar-refractivity contribution in [3.8, 4) is 5.75 Å². The number of fused-ring (bicyclic) bond motifs is 1. The Labute approximate surface area is 126 Å². The summed E-state index contributed by atoms with van der Waals surface area (Å²) in [6, 6.07) is 14.2. The number of methoxy groups -OCH3 is 1. The van der Waals surface area contributed by atoms with Crippen LogP contribution in [0.3, 0.4) is 0 Å². The van der Waals surface area contributed by atoms with Gasteiger partial charge in [0.2, 0.25) is 0 Å². The normalized spacial score (nSPS) is 10.9. The van der Waals surface area contributed by atoms with Gasteiger partial charge in [0.25, 0.3) is 0 Å². The molecule has 0 radical (unpaired) electrons. The van der Waals surface area contributed by atoms with Crippen LogP contribution in [0.1, 0.15) is 5.56 Å². The molecule has 0 atom stereocenters. The number of hydrogen-bond donors (Lipinski definition) is 1. The quantitative estimate of drug-likeness (QED) is 0.736. The molecule has 3 nitrogen and oxygen atoms in total. The fourth-order valence-corrected chi connectivity index (χ4v) is 2.72. The third kappa shape index (κ3) is 2.39. The van der Waals surface area contributed by atoms with Crippen LogP contribution >= 0.6 is 15.9 Å². The van der Waals surface area contributed by atoms with E-state index in [-0.39, 0.29) is 0 Å².